The van der Waals surface area contributed by atoms with Crippen LogP contribution in [-0.2, 0) is 9.84 Å². The van der Waals surface area contributed by atoms with Crippen LogP contribution >= 0.6 is 11.3 Å². The Labute approximate surface area is 165 Å². The highest BCUT2D eigenvalue weighted by atomic mass is 32.2. The zero-order valence-corrected chi connectivity index (χ0v) is 16.4. The summed E-state index contributed by atoms with van der Waals surface area (Å²) >= 11 is 1.35. The number of carbonyl (C=O) groups excluding carboxylic acids is 1. The lowest BCUT2D eigenvalue weighted by molar-refractivity contribution is 0.102. The number of pyridine rings is 1. The van der Waals surface area contributed by atoms with Gasteiger partial charge in [-0.1, -0.05) is 30.3 Å². The number of carbonyl (C=O) groups is 1. The van der Waals surface area contributed by atoms with Gasteiger partial charge in [0.1, 0.15) is 5.69 Å². The first-order valence-corrected chi connectivity index (χ1v) is 11.1. The Kier molecular flexibility index (Phi) is 4.66. The Morgan fingerprint density at radius 1 is 1.04 bits per heavy atom. The van der Waals surface area contributed by atoms with Crippen molar-refractivity contribution in [1.29, 1.82) is 0 Å². The molecule has 6 nitrogen and oxygen atoms in total. The van der Waals surface area contributed by atoms with Gasteiger partial charge in [0, 0.05) is 22.6 Å². The second-order valence-corrected chi connectivity index (χ2v) is 8.93. The number of sulfone groups is 1. The van der Waals surface area contributed by atoms with Gasteiger partial charge in [0.15, 0.2) is 9.84 Å². The number of hydrogen-bond donors (Lipinski definition) is 1. The molecule has 0 fully saturated rings. The molecule has 0 aliphatic carbocycles. The largest absolute Gasteiger partial charge is 0.319 e. The summed E-state index contributed by atoms with van der Waals surface area (Å²) in [6.45, 7) is 0. The van der Waals surface area contributed by atoms with E-state index in [0.29, 0.717) is 22.6 Å². The molecule has 4 aromatic rings. The quantitative estimate of drug-likeness (QED) is 0.550. The smallest absolute Gasteiger partial charge is 0.275 e. The average molecular weight is 409 g/mol. The molecule has 8 heteroatoms. The number of thiazole rings is 1. The maximum atomic E-state index is 12.4. The Morgan fingerprint density at radius 2 is 1.82 bits per heavy atom. The van der Waals surface area contributed by atoms with Gasteiger partial charge >= 0.3 is 0 Å². The Morgan fingerprint density at radius 3 is 2.50 bits per heavy atom. The maximum absolute atomic E-state index is 12.4. The first-order chi connectivity index (χ1) is 13.4. The number of anilines is 1. The first-order valence-electron chi connectivity index (χ1n) is 8.31. The molecule has 0 aliphatic rings. The molecule has 140 valence electrons. The van der Waals surface area contributed by atoms with Crippen molar-refractivity contribution in [3.8, 4) is 11.3 Å². The van der Waals surface area contributed by atoms with Crippen LogP contribution in [0.4, 0.5) is 5.69 Å². The molecule has 0 saturated carbocycles. The van der Waals surface area contributed by atoms with Gasteiger partial charge in [-0.05, 0) is 24.3 Å². The summed E-state index contributed by atoms with van der Waals surface area (Å²) in [6.07, 6.45) is 1.17. The summed E-state index contributed by atoms with van der Waals surface area (Å²) in [7, 11) is -3.25. The van der Waals surface area contributed by atoms with Crippen molar-refractivity contribution < 1.29 is 13.2 Å². The highest BCUT2D eigenvalue weighted by molar-refractivity contribution is 7.90. The molecule has 0 atom stereocenters. The molecule has 0 unspecified atom stereocenters. The van der Waals surface area contributed by atoms with Crippen molar-refractivity contribution in [2.75, 3.05) is 11.6 Å². The first kappa shape index (κ1) is 18.3. The predicted molar refractivity (Wildman–Crippen MR) is 110 cm³/mol. The van der Waals surface area contributed by atoms with Crippen LogP contribution in [0.5, 0.6) is 0 Å². The van der Waals surface area contributed by atoms with E-state index in [1.807, 2.05) is 24.3 Å². The molecule has 0 radical (unpaired) electrons. The second kappa shape index (κ2) is 7.14. The fourth-order valence-electron chi connectivity index (χ4n) is 2.79. The van der Waals surface area contributed by atoms with Gasteiger partial charge in [-0.2, -0.15) is 0 Å². The third-order valence-corrected chi connectivity index (χ3v) is 5.93. The van der Waals surface area contributed by atoms with E-state index in [9.17, 15) is 13.2 Å². The number of fused-ring (bicyclic) bond motifs is 1. The van der Waals surface area contributed by atoms with Crippen LogP contribution in [0.3, 0.4) is 0 Å². The number of aromatic nitrogens is 2. The number of rotatable bonds is 4. The van der Waals surface area contributed by atoms with E-state index in [2.05, 4.69) is 15.3 Å². The van der Waals surface area contributed by atoms with Crippen molar-refractivity contribution in [2.45, 2.75) is 4.90 Å². The minimum atomic E-state index is -3.25. The molecule has 2 aromatic heterocycles. The lowest BCUT2D eigenvalue weighted by atomic mass is 10.1. The van der Waals surface area contributed by atoms with Crippen molar-refractivity contribution in [3.05, 3.63) is 71.2 Å². The zero-order valence-electron chi connectivity index (χ0n) is 14.8. The van der Waals surface area contributed by atoms with Crippen molar-refractivity contribution in [1.82, 2.24) is 9.97 Å². The molecule has 28 heavy (non-hydrogen) atoms. The van der Waals surface area contributed by atoms with Crippen LogP contribution in [0, 0.1) is 0 Å². The normalized spacial score (nSPS) is 11.5. The van der Waals surface area contributed by atoms with Gasteiger partial charge in [0.2, 0.25) is 0 Å². The number of hydrogen-bond acceptors (Lipinski definition) is 6. The van der Waals surface area contributed by atoms with Crippen LogP contribution in [-0.4, -0.2) is 30.5 Å². The van der Waals surface area contributed by atoms with Crippen LogP contribution in [0.1, 0.15) is 10.5 Å². The Bertz CT molecular complexity index is 1270. The van der Waals surface area contributed by atoms with Crippen LogP contribution < -0.4 is 5.32 Å². The number of benzene rings is 2. The van der Waals surface area contributed by atoms with Crippen molar-refractivity contribution >= 4 is 43.7 Å². The minimum Gasteiger partial charge on any atom is -0.319 e. The molecule has 1 amide bonds. The molecular formula is C20H15N3O3S2. The van der Waals surface area contributed by atoms with Gasteiger partial charge in [-0.15, -0.1) is 11.3 Å². The molecule has 2 heterocycles. The van der Waals surface area contributed by atoms with E-state index in [1.54, 1.807) is 41.2 Å². The fourth-order valence-corrected chi connectivity index (χ4v) is 3.96. The Balaban J connectivity index is 1.73. The molecule has 1 N–H and O–H groups in total. The maximum Gasteiger partial charge on any atom is 0.275 e. The van der Waals surface area contributed by atoms with Crippen molar-refractivity contribution in [3.63, 3.8) is 0 Å². The van der Waals surface area contributed by atoms with Crippen LogP contribution in [0.25, 0.3) is 22.2 Å². The summed E-state index contributed by atoms with van der Waals surface area (Å²) in [6, 6.07) is 15.9. The van der Waals surface area contributed by atoms with E-state index >= 15 is 0 Å². The van der Waals surface area contributed by atoms with E-state index in [1.165, 1.54) is 17.6 Å². The topological polar surface area (TPSA) is 89.0 Å². The lowest BCUT2D eigenvalue weighted by Crippen LogP contribution is -2.12. The van der Waals surface area contributed by atoms with E-state index in [4.69, 9.17) is 0 Å². The third-order valence-electron chi connectivity index (χ3n) is 4.21. The van der Waals surface area contributed by atoms with E-state index in [-0.39, 0.29) is 10.8 Å². The zero-order chi connectivity index (χ0) is 19.7. The molecule has 0 spiro atoms. The number of nitrogens with one attached hydrogen (secondary N) is 1. The van der Waals surface area contributed by atoms with Gasteiger partial charge in [-0.3, -0.25) is 4.79 Å². The number of nitrogens with zero attached hydrogens (tertiary/aromatic N) is 2. The lowest BCUT2D eigenvalue weighted by Gasteiger charge is -2.09. The standard InChI is InChI=1S/C20H15N3O3S2/c1-28(25,26)15-8-5-13(6-9-15)16-10-7-14-3-2-4-17(19(14)22-16)23-20(24)18-11-27-12-21-18/h2-12H,1H3,(H,23,24). The monoisotopic (exact) mass is 409 g/mol. The summed E-state index contributed by atoms with van der Waals surface area (Å²) in [5.41, 5.74) is 4.67. The average Bonchev–Trinajstić information content (AvgIpc) is 3.22. The van der Waals surface area contributed by atoms with E-state index in [0.717, 1.165) is 10.9 Å². The second-order valence-electron chi connectivity index (χ2n) is 6.20. The van der Waals surface area contributed by atoms with E-state index < -0.39 is 9.84 Å². The summed E-state index contributed by atoms with van der Waals surface area (Å²) < 4.78 is 23.3. The molecular weight excluding hydrogens is 394 g/mol. The number of amides is 1. The highest BCUT2D eigenvalue weighted by Crippen LogP contribution is 2.27. The summed E-state index contributed by atoms with van der Waals surface area (Å²) in [5, 5.41) is 5.42. The summed E-state index contributed by atoms with van der Waals surface area (Å²) in [5.74, 6) is -0.293. The fraction of sp³-hybridized carbons (Fsp3) is 0.0500. The minimum absolute atomic E-state index is 0.258. The van der Waals surface area contributed by atoms with Crippen LogP contribution in [0.2, 0.25) is 0 Å². The summed E-state index contributed by atoms with van der Waals surface area (Å²) in [4.78, 5) is 21.3. The highest BCUT2D eigenvalue weighted by Gasteiger charge is 2.12. The third kappa shape index (κ3) is 3.64. The number of para-hydroxylation sites is 1. The van der Waals surface area contributed by atoms with Gasteiger partial charge in [0.05, 0.1) is 27.3 Å². The molecule has 0 bridgehead atoms. The van der Waals surface area contributed by atoms with Gasteiger partial charge in [0.25, 0.3) is 5.91 Å². The molecule has 0 aliphatic heterocycles. The van der Waals surface area contributed by atoms with Crippen LogP contribution in [0.15, 0.2) is 70.4 Å². The van der Waals surface area contributed by atoms with Crippen molar-refractivity contribution in [2.24, 2.45) is 0 Å². The SMILES string of the molecule is CS(=O)(=O)c1ccc(-c2ccc3cccc(NC(=O)c4cscn4)c3n2)cc1. The van der Waals surface area contributed by atoms with Gasteiger partial charge < -0.3 is 5.32 Å². The van der Waals surface area contributed by atoms with Gasteiger partial charge in [-0.25, -0.2) is 18.4 Å². The Hall–Kier alpha value is -3.10. The molecule has 4 rings (SSSR count). The molecule has 2 aromatic carbocycles. The molecule has 0 saturated heterocycles. The predicted octanol–water partition coefficient (Wildman–Crippen LogP) is 4.01.